The molecule has 6 nitrogen and oxygen atoms in total. The number of likely N-dealkylation sites (N-methyl/N-ethyl adjacent to an activating group) is 1. The maximum atomic E-state index is 12.3. The Morgan fingerprint density at radius 1 is 1.09 bits per heavy atom. The van der Waals surface area contributed by atoms with Gasteiger partial charge in [0, 0.05) is 44.1 Å². The first kappa shape index (κ1) is 15.6. The molecule has 3 rings (SSSR count). The van der Waals surface area contributed by atoms with Gasteiger partial charge in [0.2, 0.25) is 0 Å². The number of carbonyl (C=O) groups excluding carboxylic acids is 1. The van der Waals surface area contributed by atoms with E-state index in [2.05, 4.69) is 26.8 Å². The second-order valence-electron chi connectivity index (χ2n) is 5.66. The van der Waals surface area contributed by atoms with Crippen molar-refractivity contribution in [2.24, 2.45) is 0 Å². The zero-order chi connectivity index (χ0) is 16.1. The first-order chi connectivity index (χ1) is 11.2. The van der Waals surface area contributed by atoms with Crippen LogP contribution in [0.15, 0.2) is 42.7 Å². The fraction of sp³-hybridized carbons (Fsp3) is 0.353. The molecule has 0 spiro atoms. The van der Waals surface area contributed by atoms with Crippen molar-refractivity contribution in [3.8, 4) is 11.8 Å². The van der Waals surface area contributed by atoms with E-state index >= 15 is 0 Å². The summed E-state index contributed by atoms with van der Waals surface area (Å²) in [7, 11) is 2.11. The number of piperazine rings is 1. The summed E-state index contributed by atoms with van der Waals surface area (Å²) in [6, 6.07) is 9.14. The highest BCUT2D eigenvalue weighted by atomic mass is 16.5. The highest BCUT2D eigenvalue weighted by Gasteiger charge is 2.17. The molecule has 0 bridgehead atoms. The lowest BCUT2D eigenvalue weighted by atomic mass is 10.1. The van der Waals surface area contributed by atoms with Crippen LogP contribution in [0.25, 0.3) is 0 Å². The summed E-state index contributed by atoms with van der Waals surface area (Å²) in [5, 5.41) is 0. The highest BCUT2D eigenvalue weighted by molar-refractivity contribution is 5.97. The van der Waals surface area contributed by atoms with Crippen LogP contribution in [0.4, 0.5) is 0 Å². The van der Waals surface area contributed by atoms with Gasteiger partial charge >= 0.3 is 6.01 Å². The third-order valence-electron chi connectivity index (χ3n) is 3.89. The molecule has 1 aromatic carbocycles. The Hall–Kier alpha value is -2.31. The minimum Gasteiger partial charge on any atom is -0.424 e. The molecule has 1 aliphatic heterocycles. The fourth-order valence-corrected chi connectivity index (χ4v) is 2.45. The van der Waals surface area contributed by atoms with Crippen LogP contribution in [0, 0.1) is 0 Å². The summed E-state index contributed by atoms with van der Waals surface area (Å²) in [5.41, 5.74) is 0.699. The van der Waals surface area contributed by atoms with Gasteiger partial charge < -0.3 is 9.64 Å². The van der Waals surface area contributed by atoms with E-state index in [-0.39, 0.29) is 5.78 Å². The number of benzene rings is 1. The van der Waals surface area contributed by atoms with Crippen molar-refractivity contribution in [2.75, 3.05) is 39.8 Å². The van der Waals surface area contributed by atoms with Crippen LogP contribution in [0.2, 0.25) is 0 Å². The molecule has 0 N–H and O–H groups in total. The summed E-state index contributed by atoms with van der Waals surface area (Å²) < 4.78 is 5.53. The molecule has 0 amide bonds. The molecule has 0 atom stereocenters. The largest absolute Gasteiger partial charge is 0.424 e. The van der Waals surface area contributed by atoms with Crippen molar-refractivity contribution >= 4 is 5.78 Å². The molecule has 1 saturated heterocycles. The summed E-state index contributed by atoms with van der Waals surface area (Å²) in [5.74, 6) is 0.754. The molecule has 6 heteroatoms. The van der Waals surface area contributed by atoms with Crippen LogP contribution >= 0.6 is 0 Å². The van der Waals surface area contributed by atoms with E-state index in [0.29, 0.717) is 23.9 Å². The molecule has 120 valence electrons. The van der Waals surface area contributed by atoms with Gasteiger partial charge in [-0.15, -0.1) is 0 Å². The quantitative estimate of drug-likeness (QED) is 0.783. The van der Waals surface area contributed by atoms with Crippen molar-refractivity contribution in [1.29, 1.82) is 0 Å². The molecule has 2 aromatic rings. The first-order valence-electron chi connectivity index (χ1n) is 7.70. The summed E-state index contributed by atoms with van der Waals surface area (Å²) in [6.45, 7) is 4.37. The van der Waals surface area contributed by atoms with E-state index in [9.17, 15) is 4.79 Å². The normalized spacial score (nSPS) is 16.2. The Morgan fingerprint density at radius 2 is 1.74 bits per heavy atom. The number of nitrogens with zero attached hydrogens (tertiary/aromatic N) is 4. The number of carbonyl (C=O) groups is 1. The van der Waals surface area contributed by atoms with E-state index in [4.69, 9.17) is 4.74 Å². The number of rotatable bonds is 5. The van der Waals surface area contributed by atoms with Crippen LogP contribution in [0.3, 0.4) is 0 Å². The summed E-state index contributed by atoms with van der Waals surface area (Å²) in [6.07, 6.45) is 3.24. The van der Waals surface area contributed by atoms with Gasteiger partial charge in [-0.05, 0) is 37.4 Å². The predicted molar refractivity (Wildman–Crippen MR) is 86.8 cm³/mol. The van der Waals surface area contributed by atoms with Gasteiger partial charge in [-0.2, -0.15) is 0 Å². The Bertz CT molecular complexity index is 637. The van der Waals surface area contributed by atoms with Crippen LogP contribution in [0.1, 0.15) is 10.4 Å². The molecule has 1 aromatic heterocycles. The van der Waals surface area contributed by atoms with Crippen molar-refractivity contribution in [3.05, 3.63) is 48.3 Å². The maximum absolute atomic E-state index is 12.3. The second-order valence-corrected chi connectivity index (χ2v) is 5.66. The molecule has 2 heterocycles. The Labute approximate surface area is 135 Å². The van der Waals surface area contributed by atoms with Crippen LogP contribution in [-0.2, 0) is 0 Å². The third-order valence-corrected chi connectivity index (χ3v) is 3.89. The van der Waals surface area contributed by atoms with Crippen molar-refractivity contribution in [3.63, 3.8) is 0 Å². The number of ketones is 1. The van der Waals surface area contributed by atoms with Gasteiger partial charge in [0.1, 0.15) is 5.75 Å². The van der Waals surface area contributed by atoms with Gasteiger partial charge in [-0.1, -0.05) is 0 Å². The first-order valence-corrected chi connectivity index (χ1v) is 7.70. The van der Waals surface area contributed by atoms with Crippen molar-refractivity contribution in [1.82, 2.24) is 19.8 Å². The molecule has 1 aliphatic rings. The molecule has 0 saturated carbocycles. The van der Waals surface area contributed by atoms with Gasteiger partial charge in [0.05, 0.1) is 6.54 Å². The van der Waals surface area contributed by atoms with E-state index in [1.54, 1.807) is 42.7 Å². The smallest absolute Gasteiger partial charge is 0.321 e. The number of aromatic nitrogens is 2. The molecular formula is C17H20N4O2. The van der Waals surface area contributed by atoms with Gasteiger partial charge in [-0.3, -0.25) is 9.69 Å². The number of Topliss-reactive ketones (excluding diaryl/α,β-unsaturated/α-hetero) is 1. The third kappa shape index (κ3) is 4.34. The SMILES string of the molecule is CN1CCN(CC(=O)c2ccc(Oc3ncccn3)cc2)CC1. The topological polar surface area (TPSA) is 58.6 Å². The summed E-state index contributed by atoms with van der Waals surface area (Å²) >= 11 is 0. The lowest BCUT2D eigenvalue weighted by molar-refractivity contribution is 0.0876. The monoisotopic (exact) mass is 312 g/mol. The maximum Gasteiger partial charge on any atom is 0.321 e. The lowest BCUT2D eigenvalue weighted by Gasteiger charge is -2.31. The van der Waals surface area contributed by atoms with Gasteiger partial charge in [0.25, 0.3) is 0 Å². The van der Waals surface area contributed by atoms with Gasteiger partial charge in [-0.25, -0.2) is 9.97 Å². The van der Waals surface area contributed by atoms with Crippen LogP contribution in [-0.4, -0.2) is 65.3 Å². The Morgan fingerprint density at radius 3 is 2.39 bits per heavy atom. The lowest BCUT2D eigenvalue weighted by Crippen LogP contribution is -2.46. The molecule has 23 heavy (non-hydrogen) atoms. The van der Waals surface area contributed by atoms with Gasteiger partial charge in [0.15, 0.2) is 5.78 Å². The van der Waals surface area contributed by atoms with E-state index < -0.39 is 0 Å². The molecule has 0 radical (unpaired) electrons. The standard InChI is InChI=1S/C17H20N4O2/c1-20-9-11-21(12-10-20)13-16(22)14-3-5-15(6-4-14)23-17-18-7-2-8-19-17/h2-8H,9-13H2,1H3. The van der Waals surface area contributed by atoms with Crippen LogP contribution < -0.4 is 4.74 Å². The number of hydrogen-bond acceptors (Lipinski definition) is 6. The fourth-order valence-electron chi connectivity index (χ4n) is 2.45. The van der Waals surface area contributed by atoms with Crippen molar-refractivity contribution < 1.29 is 9.53 Å². The predicted octanol–water partition coefficient (Wildman–Crippen LogP) is 1.70. The number of ether oxygens (including phenoxy) is 1. The molecular weight excluding hydrogens is 292 g/mol. The molecule has 0 aliphatic carbocycles. The Kier molecular flexibility index (Phi) is 4.95. The molecule has 1 fully saturated rings. The minimum absolute atomic E-state index is 0.136. The van der Waals surface area contributed by atoms with Crippen LogP contribution in [0.5, 0.6) is 11.8 Å². The Balaban J connectivity index is 1.57. The molecule has 0 unspecified atom stereocenters. The summed E-state index contributed by atoms with van der Waals surface area (Å²) in [4.78, 5) is 24.8. The average molecular weight is 312 g/mol. The number of hydrogen-bond donors (Lipinski definition) is 0. The second kappa shape index (κ2) is 7.30. The highest BCUT2D eigenvalue weighted by Crippen LogP contribution is 2.18. The minimum atomic E-state index is 0.136. The van der Waals surface area contributed by atoms with E-state index in [1.807, 2.05) is 0 Å². The zero-order valence-corrected chi connectivity index (χ0v) is 13.2. The zero-order valence-electron chi connectivity index (χ0n) is 13.2. The van der Waals surface area contributed by atoms with E-state index in [1.165, 1.54) is 0 Å². The van der Waals surface area contributed by atoms with Crippen molar-refractivity contribution in [2.45, 2.75) is 0 Å². The van der Waals surface area contributed by atoms with E-state index in [0.717, 1.165) is 26.2 Å². The average Bonchev–Trinajstić information content (AvgIpc) is 2.58.